The van der Waals surface area contributed by atoms with Gasteiger partial charge in [0.2, 0.25) is 0 Å². The van der Waals surface area contributed by atoms with E-state index in [2.05, 4.69) is 91.9 Å². The Bertz CT molecular complexity index is 1120. The number of benzene rings is 3. The normalized spacial score (nSPS) is 23.1. The monoisotopic (exact) mass is 347 g/mol. The summed E-state index contributed by atoms with van der Waals surface area (Å²) in [6.07, 6.45) is 4.40. The van der Waals surface area contributed by atoms with Gasteiger partial charge in [0.05, 0.1) is 5.41 Å². The van der Waals surface area contributed by atoms with Crippen LogP contribution in [0.4, 0.5) is 0 Å². The molecule has 0 saturated heterocycles. The fourth-order valence-corrected chi connectivity index (χ4v) is 5.86. The second-order valence-electron chi connectivity index (χ2n) is 7.99. The van der Waals surface area contributed by atoms with Gasteiger partial charge in [-0.2, -0.15) is 0 Å². The summed E-state index contributed by atoms with van der Waals surface area (Å²) in [5.74, 6) is 0.776. The van der Waals surface area contributed by atoms with Crippen molar-refractivity contribution in [1.82, 2.24) is 0 Å². The molecular weight excluding hydrogens is 326 g/mol. The van der Waals surface area contributed by atoms with E-state index in [4.69, 9.17) is 5.73 Å². The zero-order chi connectivity index (χ0) is 18.2. The zero-order valence-electron chi connectivity index (χ0n) is 15.3. The minimum atomic E-state index is -0.266. The molecule has 2 atom stereocenters. The third-order valence-electron chi connectivity index (χ3n) is 6.78. The van der Waals surface area contributed by atoms with Gasteiger partial charge in [-0.15, -0.1) is 0 Å². The summed E-state index contributed by atoms with van der Waals surface area (Å²) in [4.78, 5) is 0. The van der Waals surface area contributed by atoms with E-state index in [1.54, 1.807) is 0 Å². The van der Waals surface area contributed by atoms with Crippen LogP contribution < -0.4 is 5.73 Å². The number of hydrogen-bond acceptors (Lipinski definition) is 1. The van der Waals surface area contributed by atoms with Crippen molar-refractivity contribution in [1.29, 1.82) is 0 Å². The lowest BCUT2D eigenvalue weighted by atomic mass is 9.67. The second kappa shape index (κ2) is 5.01. The van der Waals surface area contributed by atoms with Gasteiger partial charge in [0.1, 0.15) is 0 Å². The molecule has 0 aromatic heterocycles. The van der Waals surface area contributed by atoms with Gasteiger partial charge in [0, 0.05) is 11.6 Å². The van der Waals surface area contributed by atoms with E-state index in [1.165, 1.54) is 39.0 Å². The van der Waals surface area contributed by atoms with Crippen LogP contribution in [-0.4, -0.2) is 0 Å². The molecule has 0 aliphatic heterocycles. The van der Waals surface area contributed by atoms with Crippen LogP contribution in [0.2, 0.25) is 0 Å². The van der Waals surface area contributed by atoms with E-state index in [1.807, 2.05) is 0 Å². The van der Waals surface area contributed by atoms with E-state index in [9.17, 15) is 0 Å². The van der Waals surface area contributed by atoms with Crippen LogP contribution in [0.5, 0.6) is 0 Å². The summed E-state index contributed by atoms with van der Waals surface area (Å²) >= 11 is 0. The maximum atomic E-state index is 6.72. The highest BCUT2D eigenvalue weighted by molar-refractivity contribution is 5.88. The van der Waals surface area contributed by atoms with Crippen LogP contribution in [0, 0.1) is 5.92 Å². The standard InChI is InChI=1S/C26H21N/c1-16-14-15-23(27)25-24(16)19-10-4-7-13-22(19)26(25)20-11-5-2-8-17(20)18-9-3-6-12-21(18)26/h2-16,24H,27H2,1H3. The molecule has 0 heterocycles. The first-order chi connectivity index (χ1) is 13.2. The van der Waals surface area contributed by atoms with Gasteiger partial charge in [0.15, 0.2) is 0 Å². The van der Waals surface area contributed by atoms with Crippen molar-refractivity contribution in [3.05, 3.63) is 118 Å². The molecule has 0 fully saturated rings. The second-order valence-corrected chi connectivity index (χ2v) is 7.99. The molecule has 2 unspecified atom stereocenters. The number of allylic oxidation sites excluding steroid dienone is 3. The Morgan fingerprint density at radius 3 is 1.96 bits per heavy atom. The summed E-state index contributed by atoms with van der Waals surface area (Å²) in [7, 11) is 0. The fraction of sp³-hybridized carbons (Fsp3) is 0.154. The van der Waals surface area contributed by atoms with Crippen LogP contribution in [0.15, 0.2) is 96.2 Å². The first kappa shape index (κ1) is 15.0. The highest BCUT2D eigenvalue weighted by Gasteiger charge is 2.56. The summed E-state index contributed by atoms with van der Waals surface area (Å²) in [6, 6.07) is 26.7. The third kappa shape index (κ3) is 1.61. The van der Waals surface area contributed by atoms with Crippen molar-refractivity contribution in [3.8, 4) is 11.1 Å². The van der Waals surface area contributed by atoms with Crippen molar-refractivity contribution < 1.29 is 0 Å². The lowest BCUT2D eigenvalue weighted by molar-refractivity contribution is 0.579. The summed E-state index contributed by atoms with van der Waals surface area (Å²) in [5, 5.41) is 0. The van der Waals surface area contributed by atoms with Crippen LogP contribution in [0.3, 0.4) is 0 Å². The molecule has 3 aliphatic rings. The minimum Gasteiger partial charge on any atom is -0.399 e. The average molecular weight is 347 g/mol. The molecule has 1 heteroatoms. The Morgan fingerprint density at radius 2 is 1.30 bits per heavy atom. The van der Waals surface area contributed by atoms with Gasteiger partial charge < -0.3 is 5.73 Å². The summed E-state index contributed by atoms with van der Waals surface area (Å²) in [5.41, 5.74) is 17.0. The molecule has 1 spiro atoms. The molecule has 2 N–H and O–H groups in total. The van der Waals surface area contributed by atoms with Gasteiger partial charge in [0.25, 0.3) is 0 Å². The van der Waals surface area contributed by atoms with E-state index >= 15 is 0 Å². The number of rotatable bonds is 0. The Morgan fingerprint density at radius 1 is 0.741 bits per heavy atom. The van der Waals surface area contributed by atoms with Crippen molar-refractivity contribution in [2.24, 2.45) is 11.7 Å². The highest BCUT2D eigenvalue weighted by atomic mass is 14.7. The van der Waals surface area contributed by atoms with E-state index in [0.717, 1.165) is 5.70 Å². The molecule has 3 aromatic carbocycles. The quantitative estimate of drug-likeness (QED) is 0.569. The Kier molecular flexibility index (Phi) is 2.79. The molecular formula is C26H21N. The van der Waals surface area contributed by atoms with Crippen molar-refractivity contribution >= 4 is 0 Å². The Balaban J connectivity index is 1.85. The molecule has 3 aliphatic carbocycles. The molecule has 0 bridgehead atoms. The first-order valence-electron chi connectivity index (χ1n) is 9.71. The number of hydrogen-bond donors (Lipinski definition) is 1. The predicted octanol–water partition coefficient (Wildman–Crippen LogP) is 5.52. The van der Waals surface area contributed by atoms with Gasteiger partial charge >= 0.3 is 0 Å². The van der Waals surface area contributed by atoms with Crippen molar-refractivity contribution in [3.63, 3.8) is 0 Å². The molecule has 1 nitrogen and oxygen atoms in total. The first-order valence-corrected chi connectivity index (χ1v) is 9.71. The SMILES string of the molecule is CC1C=CC(N)=C2C1c1ccccc1C21c2ccccc2-c2ccccc21. The molecule has 0 radical (unpaired) electrons. The minimum absolute atomic E-state index is 0.266. The largest absolute Gasteiger partial charge is 0.399 e. The molecule has 0 saturated carbocycles. The van der Waals surface area contributed by atoms with Crippen molar-refractivity contribution in [2.75, 3.05) is 0 Å². The number of fused-ring (bicyclic) bond motifs is 10. The molecule has 3 aromatic rings. The average Bonchev–Trinajstić information content (AvgIpc) is 3.19. The van der Waals surface area contributed by atoms with Crippen LogP contribution in [0.25, 0.3) is 11.1 Å². The highest BCUT2D eigenvalue weighted by Crippen LogP contribution is 2.66. The van der Waals surface area contributed by atoms with Crippen LogP contribution >= 0.6 is 0 Å². The molecule has 27 heavy (non-hydrogen) atoms. The van der Waals surface area contributed by atoms with Gasteiger partial charge in [-0.05, 0) is 50.9 Å². The zero-order valence-corrected chi connectivity index (χ0v) is 15.3. The Hall–Kier alpha value is -3.06. The van der Waals surface area contributed by atoms with Crippen LogP contribution in [0.1, 0.15) is 35.1 Å². The topological polar surface area (TPSA) is 26.0 Å². The van der Waals surface area contributed by atoms with Gasteiger partial charge in [-0.25, -0.2) is 0 Å². The van der Waals surface area contributed by atoms with E-state index < -0.39 is 0 Å². The summed E-state index contributed by atoms with van der Waals surface area (Å²) in [6.45, 7) is 2.32. The van der Waals surface area contributed by atoms with Crippen LogP contribution in [-0.2, 0) is 5.41 Å². The fourth-order valence-electron chi connectivity index (χ4n) is 5.86. The van der Waals surface area contributed by atoms with Gasteiger partial charge in [-0.3, -0.25) is 0 Å². The Labute approximate surface area is 159 Å². The molecule has 130 valence electrons. The predicted molar refractivity (Wildman–Crippen MR) is 110 cm³/mol. The maximum Gasteiger partial charge on any atom is 0.0705 e. The van der Waals surface area contributed by atoms with E-state index in [0.29, 0.717) is 11.8 Å². The summed E-state index contributed by atoms with van der Waals surface area (Å²) < 4.78 is 0. The maximum absolute atomic E-state index is 6.72. The molecule has 6 rings (SSSR count). The smallest absolute Gasteiger partial charge is 0.0705 e. The lowest BCUT2D eigenvalue weighted by Gasteiger charge is -2.35. The lowest BCUT2D eigenvalue weighted by Crippen LogP contribution is -2.31. The van der Waals surface area contributed by atoms with E-state index in [-0.39, 0.29) is 5.41 Å². The third-order valence-corrected chi connectivity index (χ3v) is 6.78. The van der Waals surface area contributed by atoms with Crippen molar-refractivity contribution in [2.45, 2.75) is 18.3 Å². The number of nitrogens with two attached hydrogens (primary N) is 1. The molecule has 0 amide bonds. The van der Waals surface area contributed by atoms with Gasteiger partial charge in [-0.1, -0.05) is 85.8 Å².